The van der Waals surface area contributed by atoms with Gasteiger partial charge in [0.2, 0.25) is 0 Å². The third-order valence-corrected chi connectivity index (χ3v) is 5.85. The Morgan fingerprint density at radius 2 is 1.55 bits per heavy atom. The first kappa shape index (κ1) is 19.5. The number of rotatable bonds is 6. The van der Waals surface area contributed by atoms with Gasteiger partial charge in [-0.25, -0.2) is 0 Å². The molecule has 0 radical (unpaired) electrons. The average Bonchev–Trinajstić information content (AvgIpc) is 3.08. The first-order valence-corrected chi connectivity index (χ1v) is 10.8. The van der Waals surface area contributed by atoms with Crippen LogP contribution >= 0.6 is 0 Å². The van der Waals surface area contributed by atoms with E-state index in [9.17, 15) is 0 Å². The van der Waals surface area contributed by atoms with Gasteiger partial charge in [0.05, 0.1) is 17.1 Å². The standard InChI is InChI=1S/C26H31N3/c1-6-14-29(15-7-2)26-19(5)28-25(20-10-8-9-11-21(20)26)24-17(3)12-13-22-23(24)18(4)16-27-22/h8-13,16,27H,6-7,14-15H2,1-5H3. The van der Waals surface area contributed by atoms with Crippen molar-refractivity contribution in [1.82, 2.24) is 9.97 Å². The van der Waals surface area contributed by atoms with Gasteiger partial charge in [0, 0.05) is 46.5 Å². The molecule has 0 aliphatic carbocycles. The number of pyridine rings is 1. The van der Waals surface area contributed by atoms with Gasteiger partial charge < -0.3 is 9.88 Å². The van der Waals surface area contributed by atoms with Crippen molar-refractivity contribution in [2.45, 2.75) is 47.5 Å². The summed E-state index contributed by atoms with van der Waals surface area (Å²) in [6, 6.07) is 13.2. The van der Waals surface area contributed by atoms with Gasteiger partial charge in [-0.2, -0.15) is 0 Å². The molecule has 3 heteroatoms. The zero-order valence-electron chi connectivity index (χ0n) is 18.3. The second-order valence-corrected chi connectivity index (χ2v) is 8.08. The quantitative estimate of drug-likeness (QED) is 0.390. The molecule has 4 rings (SSSR count). The van der Waals surface area contributed by atoms with Gasteiger partial charge in [-0.15, -0.1) is 0 Å². The Hall–Kier alpha value is -2.81. The Bertz CT molecular complexity index is 1160. The van der Waals surface area contributed by atoms with E-state index >= 15 is 0 Å². The second-order valence-electron chi connectivity index (χ2n) is 8.08. The lowest BCUT2D eigenvalue weighted by molar-refractivity contribution is 0.743. The highest BCUT2D eigenvalue weighted by molar-refractivity contribution is 6.09. The lowest BCUT2D eigenvalue weighted by Gasteiger charge is -2.28. The van der Waals surface area contributed by atoms with Crippen LogP contribution in [0.2, 0.25) is 0 Å². The molecule has 0 saturated heterocycles. The fraction of sp³-hybridized carbons (Fsp3) is 0.346. The minimum absolute atomic E-state index is 1.06. The van der Waals surface area contributed by atoms with Crippen molar-refractivity contribution in [3.63, 3.8) is 0 Å². The van der Waals surface area contributed by atoms with Crippen LogP contribution in [0.25, 0.3) is 32.9 Å². The number of anilines is 1. The van der Waals surface area contributed by atoms with Crippen molar-refractivity contribution in [3.8, 4) is 11.3 Å². The minimum atomic E-state index is 1.06. The number of hydrogen-bond donors (Lipinski definition) is 1. The summed E-state index contributed by atoms with van der Waals surface area (Å²) in [5.41, 5.74) is 8.47. The molecular formula is C26H31N3. The third kappa shape index (κ3) is 3.29. The van der Waals surface area contributed by atoms with E-state index < -0.39 is 0 Å². The lowest BCUT2D eigenvalue weighted by Crippen LogP contribution is -2.26. The van der Waals surface area contributed by atoms with Crippen molar-refractivity contribution in [2.75, 3.05) is 18.0 Å². The van der Waals surface area contributed by atoms with Crippen molar-refractivity contribution >= 4 is 27.4 Å². The zero-order chi connectivity index (χ0) is 20.5. The average molecular weight is 386 g/mol. The predicted molar refractivity (Wildman–Crippen MR) is 126 cm³/mol. The number of fused-ring (bicyclic) bond motifs is 2. The monoisotopic (exact) mass is 385 g/mol. The maximum atomic E-state index is 5.23. The number of aromatic nitrogens is 2. The Morgan fingerprint density at radius 3 is 2.24 bits per heavy atom. The van der Waals surface area contributed by atoms with Gasteiger partial charge in [-0.3, -0.25) is 4.98 Å². The van der Waals surface area contributed by atoms with E-state index in [1.165, 1.54) is 44.1 Å². The number of hydrogen-bond acceptors (Lipinski definition) is 2. The smallest absolute Gasteiger partial charge is 0.0794 e. The zero-order valence-corrected chi connectivity index (χ0v) is 18.3. The highest BCUT2D eigenvalue weighted by Crippen LogP contribution is 2.40. The van der Waals surface area contributed by atoms with E-state index in [0.29, 0.717) is 0 Å². The number of nitrogens with zero attached hydrogens (tertiary/aromatic N) is 2. The maximum Gasteiger partial charge on any atom is 0.0794 e. The molecule has 0 saturated carbocycles. The van der Waals surface area contributed by atoms with Gasteiger partial charge in [0.15, 0.2) is 0 Å². The number of nitrogens with one attached hydrogen (secondary N) is 1. The van der Waals surface area contributed by atoms with Gasteiger partial charge in [-0.05, 0) is 50.8 Å². The van der Waals surface area contributed by atoms with Crippen LogP contribution in [-0.2, 0) is 0 Å². The van der Waals surface area contributed by atoms with E-state index in [1.807, 2.05) is 0 Å². The summed E-state index contributed by atoms with van der Waals surface area (Å²) in [6.45, 7) is 13.2. The summed E-state index contributed by atoms with van der Waals surface area (Å²) in [5.74, 6) is 0. The molecule has 2 aromatic carbocycles. The van der Waals surface area contributed by atoms with Crippen LogP contribution in [0, 0.1) is 20.8 Å². The van der Waals surface area contributed by atoms with E-state index in [2.05, 4.69) is 87.1 Å². The first-order valence-electron chi connectivity index (χ1n) is 10.8. The number of aryl methyl sites for hydroxylation is 3. The molecule has 0 unspecified atom stereocenters. The normalized spacial score (nSPS) is 11.5. The molecule has 0 spiro atoms. The van der Waals surface area contributed by atoms with Crippen molar-refractivity contribution < 1.29 is 0 Å². The van der Waals surface area contributed by atoms with Crippen LogP contribution in [0.5, 0.6) is 0 Å². The predicted octanol–water partition coefficient (Wildman–Crippen LogP) is 6.93. The fourth-order valence-corrected chi connectivity index (χ4v) is 4.64. The lowest BCUT2D eigenvalue weighted by atomic mass is 9.94. The summed E-state index contributed by atoms with van der Waals surface area (Å²) in [6.07, 6.45) is 4.37. The topological polar surface area (TPSA) is 31.9 Å². The molecule has 3 nitrogen and oxygen atoms in total. The molecule has 0 aliphatic heterocycles. The van der Waals surface area contributed by atoms with Crippen molar-refractivity contribution in [1.29, 1.82) is 0 Å². The molecule has 2 aromatic heterocycles. The van der Waals surface area contributed by atoms with Crippen molar-refractivity contribution in [2.24, 2.45) is 0 Å². The molecule has 0 fully saturated rings. The van der Waals surface area contributed by atoms with Gasteiger partial charge >= 0.3 is 0 Å². The Balaban J connectivity index is 2.06. The molecule has 0 bridgehead atoms. The molecule has 2 heterocycles. The van der Waals surface area contributed by atoms with Crippen LogP contribution in [0.4, 0.5) is 5.69 Å². The molecule has 4 aromatic rings. The molecule has 1 N–H and O–H groups in total. The highest BCUT2D eigenvalue weighted by Gasteiger charge is 2.20. The first-order chi connectivity index (χ1) is 14.1. The van der Waals surface area contributed by atoms with Crippen LogP contribution < -0.4 is 4.90 Å². The summed E-state index contributed by atoms with van der Waals surface area (Å²) >= 11 is 0. The molecule has 0 aliphatic rings. The molecule has 0 atom stereocenters. The molecule has 150 valence electrons. The summed E-state index contributed by atoms with van der Waals surface area (Å²) in [7, 11) is 0. The third-order valence-electron chi connectivity index (χ3n) is 5.85. The maximum absolute atomic E-state index is 5.23. The molecule has 29 heavy (non-hydrogen) atoms. The number of H-pyrrole nitrogens is 1. The van der Waals surface area contributed by atoms with Gasteiger partial charge in [0.1, 0.15) is 0 Å². The van der Waals surface area contributed by atoms with Crippen LogP contribution in [0.1, 0.15) is 43.5 Å². The Kier molecular flexibility index (Phi) is 5.31. The Labute approximate surface area is 173 Å². The van der Waals surface area contributed by atoms with E-state index in [1.54, 1.807) is 0 Å². The van der Waals surface area contributed by atoms with Gasteiger partial charge in [-0.1, -0.05) is 44.2 Å². The SMILES string of the molecule is CCCN(CCC)c1c(C)nc(-c2c(C)ccc3[nH]cc(C)c23)c2ccccc12. The Morgan fingerprint density at radius 1 is 0.862 bits per heavy atom. The van der Waals surface area contributed by atoms with E-state index in [0.717, 1.165) is 37.3 Å². The van der Waals surface area contributed by atoms with Gasteiger partial charge in [0.25, 0.3) is 0 Å². The van der Waals surface area contributed by atoms with Crippen LogP contribution in [0.15, 0.2) is 42.6 Å². The van der Waals surface area contributed by atoms with E-state index in [-0.39, 0.29) is 0 Å². The minimum Gasteiger partial charge on any atom is -0.370 e. The largest absolute Gasteiger partial charge is 0.370 e. The number of aromatic amines is 1. The highest BCUT2D eigenvalue weighted by atomic mass is 15.1. The molecular weight excluding hydrogens is 354 g/mol. The summed E-state index contributed by atoms with van der Waals surface area (Å²) in [4.78, 5) is 11.2. The summed E-state index contributed by atoms with van der Waals surface area (Å²) < 4.78 is 0. The number of benzene rings is 2. The van der Waals surface area contributed by atoms with E-state index in [4.69, 9.17) is 4.98 Å². The summed E-state index contributed by atoms with van der Waals surface area (Å²) in [5, 5.41) is 3.83. The van der Waals surface area contributed by atoms with Crippen LogP contribution in [0.3, 0.4) is 0 Å². The van der Waals surface area contributed by atoms with Crippen molar-refractivity contribution in [3.05, 3.63) is 59.4 Å². The molecule has 0 amide bonds. The second kappa shape index (κ2) is 7.90. The van der Waals surface area contributed by atoms with Crippen LogP contribution in [-0.4, -0.2) is 23.1 Å². The fourth-order valence-electron chi connectivity index (χ4n) is 4.64.